The van der Waals surface area contributed by atoms with Crippen molar-refractivity contribution in [2.45, 2.75) is 4.90 Å². The van der Waals surface area contributed by atoms with Crippen molar-refractivity contribution in [2.75, 3.05) is 6.26 Å². The van der Waals surface area contributed by atoms with Gasteiger partial charge in [0.1, 0.15) is 0 Å². The van der Waals surface area contributed by atoms with Crippen LogP contribution in [0.25, 0.3) is 43.1 Å². The summed E-state index contributed by atoms with van der Waals surface area (Å²) < 4.78 is 0. The molecule has 0 heterocycles. The van der Waals surface area contributed by atoms with Gasteiger partial charge in [0.25, 0.3) is 0 Å². The van der Waals surface area contributed by atoms with Crippen LogP contribution in [0.2, 0.25) is 0 Å². The number of thioether (sulfide) groups is 1. The summed E-state index contributed by atoms with van der Waals surface area (Å²) in [5.41, 5.74) is 0. The molecule has 7 rings (SSSR count). The molecular formula is C35H25PS. The molecule has 0 spiro atoms. The molecular weight excluding hydrogens is 483 g/mol. The average Bonchev–Trinajstić information content (AvgIpc) is 2.96. The van der Waals surface area contributed by atoms with E-state index in [1.165, 1.54) is 63.9 Å². The number of fused-ring (bicyclic) bond motifs is 4. The van der Waals surface area contributed by atoms with E-state index in [2.05, 4.69) is 140 Å². The highest BCUT2D eigenvalue weighted by Gasteiger charge is 2.27. The molecule has 2 heteroatoms. The quantitative estimate of drug-likeness (QED) is 0.130. The summed E-state index contributed by atoms with van der Waals surface area (Å²) in [6.07, 6.45) is 2.20. The monoisotopic (exact) mass is 508 g/mol. The molecule has 0 nitrogen and oxygen atoms in total. The summed E-state index contributed by atoms with van der Waals surface area (Å²) in [7, 11) is -0.893. The number of benzene rings is 7. The second kappa shape index (κ2) is 9.34. The summed E-state index contributed by atoms with van der Waals surface area (Å²) in [4.78, 5) is 1.35. The number of rotatable bonds is 4. The van der Waals surface area contributed by atoms with Crippen LogP contribution < -0.4 is 15.9 Å². The first-order chi connectivity index (χ1) is 18.3. The lowest BCUT2D eigenvalue weighted by molar-refractivity contribution is 1.53. The maximum Gasteiger partial charge on any atom is 0.0153 e. The van der Waals surface area contributed by atoms with Crippen molar-refractivity contribution in [2.24, 2.45) is 0 Å². The lowest BCUT2D eigenvalue weighted by atomic mass is 10.0. The Balaban J connectivity index is 1.74. The third kappa shape index (κ3) is 3.74. The first-order valence-corrected chi connectivity index (χ1v) is 15.1. The molecule has 7 aromatic rings. The van der Waals surface area contributed by atoms with Crippen LogP contribution in [0.3, 0.4) is 0 Å². The summed E-state index contributed by atoms with van der Waals surface area (Å²) in [6, 6.07) is 49.5. The summed E-state index contributed by atoms with van der Waals surface area (Å²) in [6.45, 7) is 0. The Morgan fingerprint density at radius 1 is 0.432 bits per heavy atom. The van der Waals surface area contributed by atoms with Crippen LogP contribution in [0, 0.1) is 0 Å². The molecule has 0 unspecified atom stereocenters. The van der Waals surface area contributed by atoms with Crippen molar-refractivity contribution in [1.29, 1.82) is 0 Å². The Bertz CT molecular complexity index is 1710. The topological polar surface area (TPSA) is 0 Å². The minimum Gasteiger partial charge on any atom is -0.129 e. The largest absolute Gasteiger partial charge is 0.129 e. The fourth-order valence-corrected chi connectivity index (χ4v) is 9.68. The van der Waals surface area contributed by atoms with E-state index in [0.717, 1.165) is 0 Å². The van der Waals surface area contributed by atoms with E-state index in [-0.39, 0.29) is 0 Å². The molecule has 0 fully saturated rings. The number of hydrogen-bond donors (Lipinski definition) is 0. The van der Waals surface area contributed by atoms with Gasteiger partial charge in [-0.3, -0.25) is 0 Å². The molecule has 0 radical (unpaired) electrons. The van der Waals surface area contributed by atoms with Crippen molar-refractivity contribution in [3.8, 4) is 0 Å². The van der Waals surface area contributed by atoms with Crippen molar-refractivity contribution in [1.82, 2.24) is 0 Å². The van der Waals surface area contributed by atoms with E-state index in [1.54, 1.807) is 0 Å². The molecule has 0 aliphatic rings. The van der Waals surface area contributed by atoms with Crippen LogP contribution in [0.4, 0.5) is 0 Å². The summed E-state index contributed by atoms with van der Waals surface area (Å²) >= 11 is 1.85. The lowest BCUT2D eigenvalue weighted by Gasteiger charge is -2.27. The summed E-state index contributed by atoms with van der Waals surface area (Å²) in [5.74, 6) is 0. The highest BCUT2D eigenvalue weighted by Crippen LogP contribution is 2.45. The minimum absolute atomic E-state index is 0.893. The van der Waals surface area contributed by atoms with Gasteiger partial charge in [-0.05, 0) is 80.8 Å². The van der Waals surface area contributed by atoms with E-state index in [4.69, 9.17) is 0 Å². The Morgan fingerprint density at radius 3 is 1.19 bits per heavy atom. The Labute approximate surface area is 222 Å². The first kappa shape index (κ1) is 22.5. The van der Waals surface area contributed by atoms with Gasteiger partial charge in [-0.25, -0.2) is 0 Å². The van der Waals surface area contributed by atoms with Gasteiger partial charge in [0.05, 0.1) is 0 Å². The van der Waals surface area contributed by atoms with E-state index in [9.17, 15) is 0 Å². The average molecular weight is 509 g/mol. The maximum absolute atomic E-state index is 2.37. The van der Waals surface area contributed by atoms with Gasteiger partial charge in [0, 0.05) is 15.5 Å². The molecule has 0 bridgehead atoms. The standard InChI is InChI=1S/C35H25PS/c1-37-33-21-11-10-20-32(33)36(34-28-16-6-2-12-24(28)22-25-13-3-7-17-29(25)34)35-30-18-8-4-14-26(30)23-27-15-5-9-19-31(27)35/h2-23H,1H3. The predicted molar refractivity (Wildman–Crippen MR) is 167 cm³/mol. The van der Waals surface area contributed by atoms with Crippen LogP contribution in [-0.2, 0) is 0 Å². The predicted octanol–water partition coefficient (Wildman–Crippen LogP) is 8.78. The molecule has 0 amide bonds. The fourth-order valence-electron chi connectivity index (χ4n) is 5.63. The maximum atomic E-state index is 2.37. The van der Waals surface area contributed by atoms with Crippen LogP contribution in [0.15, 0.2) is 138 Å². The van der Waals surface area contributed by atoms with Gasteiger partial charge < -0.3 is 0 Å². The molecule has 0 aliphatic carbocycles. The molecule has 37 heavy (non-hydrogen) atoms. The molecule has 7 aromatic carbocycles. The number of hydrogen-bond acceptors (Lipinski definition) is 1. The first-order valence-electron chi connectivity index (χ1n) is 12.6. The van der Waals surface area contributed by atoms with Gasteiger partial charge in [-0.2, -0.15) is 0 Å². The Kier molecular flexibility index (Phi) is 5.69. The molecule has 0 atom stereocenters. The molecule has 176 valence electrons. The minimum atomic E-state index is -0.893. The van der Waals surface area contributed by atoms with E-state index < -0.39 is 7.92 Å². The van der Waals surface area contributed by atoms with Crippen LogP contribution in [0.5, 0.6) is 0 Å². The molecule has 0 aromatic heterocycles. The zero-order chi connectivity index (χ0) is 24.8. The zero-order valence-corrected chi connectivity index (χ0v) is 22.3. The molecule has 0 aliphatic heterocycles. The zero-order valence-electron chi connectivity index (χ0n) is 20.6. The van der Waals surface area contributed by atoms with Crippen LogP contribution >= 0.6 is 19.7 Å². The van der Waals surface area contributed by atoms with Gasteiger partial charge in [0.15, 0.2) is 0 Å². The van der Waals surface area contributed by atoms with Crippen molar-refractivity contribution >= 4 is 78.7 Å². The van der Waals surface area contributed by atoms with Crippen molar-refractivity contribution in [3.05, 3.63) is 133 Å². The highest BCUT2D eigenvalue weighted by atomic mass is 32.2. The Hall–Kier alpha value is -3.64. The molecule has 0 saturated carbocycles. The Morgan fingerprint density at radius 2 is 0.784 bits per heavy atom. The smallest absolute Gasteiger partial charge is 0.0153 e. The van der Waals surface area contributed by atoms with E-state index in [1.807, 2.05) is 11.8 Å². The summed E-state index contributed by atoms with van der Waals surface area (Å²) in [5, 5.41) is 14.9. The van der Waals surface area contributed by atoms with Gasteiger partial charge >= 0.3 is 0 Å². The van der Waals surface area contributed by atoms with Crippen LogP contribution in [-0.4, -0.2) is 6.26 Å². The fraction of sp³-hybridized carbons (Fsp3) is 0.0286. The van der Waals surface area contributed by atoms with Gasteiger partial charge in [-0.1, -0.05) is 115 Å². The van der Waals surface area contributed by atoms with Gasteiger partial charge in [-0.15, -0.1) is 11.8 Å². The van der Waals surface area contributed by atoms with Gasteiger partial charge in [0.2, 0.25) is 0 Å². The van der Waals surface area contributed by atoms with Crippen molar-refractivity contribution in [3.63, 3.8) is 0 Å². The lowest BCUT2D eigenvalue weighted by Crippen LogP contribution is -2.24. The molecule has 0 saturated heterocycles. The third-order valence-corrected chi connectivity index (χ3v) is 10.9. The second-order valence-electron chi connectivity index (χ2n) is 9.34. The normalized spacial score (nSPS) is 11.7. The highest BCUT2D eigenvalue weighted by molar-refractivity contribution is 7.99. The van der Waals surface area contributed by atoms with Crippen LogP contribution in [0.1, 0.15) is 0 Å². The van der Waals surface area contributed by atoms with Crippen molar-refractivity contribution < 1.29 is 0 Å². The third-order valence-electron chi connectivity index (χ3n) is 7.26. The SMILES string of the molecule is CSc1ccccc1P(c1c2ccccc2cc2ccccc12)c1c2ccccc2cc2ccccc12. The van der Waals surface area contributed by atoms with E-state index in [0.29, 0.717) is 0 Å². The second-order valence-corrected chi connectivity index (χ2v) is 12.2. The molecule has 0 N–H and O–H groups in total. The van der Waals surface area contributed by atoms with E-state index >= 15 is 0 Å².